The third-order valence-corrected chi connectivity index (χ3v) is 3.44. The number of anilines is 1. The van der Waals surface area contributed by atoms with Crippen molar-refractivity contribution in [3.63, 3.8) is 0 Å². The van der Waals surface area contributed by atoms with E-state index in [-0.39, 0.29) is 16.9 Å². The largest absolute Gasteiger partial charge is 0.316 e. The standard InChI is InChI=1S/C13H7Br2FN2O3/c14-8-3-7(4-9(15)5-8)13(19)17-11-6-10(16)1-2-12(11)18(20)21/h1-6H,(H,17,19). The van der Waals surface area contributed by atoms with Gasteiger partial charge in [0.05, 0.1) is 4.92 Å². The molecule has 0 unspecified atom stereocenters. The summed E-state index contributed by atoms with van der Waals surface area (Å²) < 4.78 is 14.5. The third-order valence-electron chi connectivity index (χ3n) is 2.53. The zero-order valence-corrected chi connectivity index (χ0v) is 13.4. The number of benzene rings is 2. The molecule has 0 bridgehead atoms. The van der Waals surface area contributed by atoms with Gasteiger partial charge in [0.25, 0.3) is 11.6 Å². The van der Waals surface area contributed by atoms with Gasteiger partial charge < -0.3 is 5.32 Å². The lowest BCUT2D eigenvalue weighted by Gasteiger charge is -2.07. The van der Waals surface area contributed by atoms with Gasteiger partial charge in [-0.05, 0) is 24.3 Å². The van der Waals surface area contributed by atoms with E-state index < -0.39 is 16.6 Å². The fourth-order valence-electron chi connectivity index (χ4n) is 1.65. The molecule has 108 valence electrons. The molecule has 1 amide bonds. The van der Waals surface area contributed by atoms with E-state index in [1.807, 2.05) is 0 Å². The first-order valence-corrected chi connectivity index (χ1v) is 7.17. The Morgan fingerprint density at radius 1 is 1.14 bits per heavy atom. The number of hydrogen-bond acceptors (Lipinski definition) is 3. The van der Waals surface area contributed by atoms with Crippen LogP contribution in [-0.2, 0) is 0 Å². The Balaban J connectivity index is 2.35. The molecule has 0 aliphatic rings. The topological polar surface area (TPSA) is 72.2 Å². The van der Waals surface area contributed by atoms with Crippen molar-refractivity contribution in [1.29, 1.82) is 0 Å². The normalized spacial score (nSPS) is 10.2. The first kappa shape index (κ1) is 15.6. The maximum absolute atomic E-state index is 13.2. The van der Waals surface area contributed by atoms with Crippen LogP contribution in [0.4, 0.5) is 15.8 Å². The van der Waals surface area contributed by atoms with Crippen LogP contribution >= 0.6 is 31.9 Å². The van der Waals surface area contributed by atoms with Crippen LogP contribution in [-0.4, -0.2) is 10.8 Å². The number of halogens is 3. The summed E-state index contributed by atoms with van der Waals surface area (Å²) in [5.41, 5.74) is -0.297. The SMILES string of the molecule is O=C(Nc1cc(F)ccc1[N+](=O)[O-])c1cc(Br)cc(Br)c1. The van der Waals surface area contributed by atoms with Gasteiger partial charge in [-0.25, -0.2) is 4.39 Å². The van der Waals surface area contributed by atoms with Gasteiger partial charge in [0.2, 0.25) is 0 Å². The second-order valence-electron chi connectivity index (χ2n) is 4.03. The molecular formula is C13H7Br2FN2O3. The molecule has 0 aromatic heterocycles. The van der Waals surface area contributed by atoms with Gasteiger partial charge in [-0.2, -0.15) is 0 Å². The zero-order chi connectivity index (χ0) is 15.6. The minimum Gasteiger partial charge on any atom is -0.316 e. The van der Waals surface area contributed by atoms with E-state index in [2.05, 4.69) is 37.2 Å². The Kier molecular flexibility index (Phi) is 4.69. The number of carbonyl (C=O) groups excluding carboxylic acids is 1. The van der Waals surface area contributed by atoms with Gasteiger partial charge in [0.1, 0.15) is 11.5 Å². The first-order valence-electron chi connectivity index (χ1n) is 5.58. The van der Waals surface area contributed by atoms with Gasteiger partial charge in [-0.15, -0.1) is 0 Å². The average molecular weight is 418 g/mol. The van der Waals surface area contributed by atoms with Crippen molar-refractivity contribution >= 4 is 49.1 Å². The molecule has 8 heteroatoms. The number of carbonyl (C=O) groups is 1. The highest BCUT2D eigenvalue weighted by molar-refractivity contribution is 9.11. The van der Waals surface area contributed by atoms with Gasteiger partial charge in [0, 0.05) is 26.6 Å². The van der Waals surface area contributed by atoms with Crippen LogP contribution in [0.1, 0.15) is 10.4 Å². The summed E-state index contributed by atoms with van der Waals surface area (Å²) in [7, 11) is 0. The number of nitrogens with one attached hydrogen (secondary N) is 1. The molecule has 0 fully saturated rings. The van der Waals surface area contributed by atoms with Gasteiger partial charge in [-0.3, -0.25) is 14.9 Å². The fourth-order valence-corrected chi connectivity index (χ4v) is 2.94. The van der Waals surface area contributed by atoms with Gasteiger partial charge in [-0.1, -0.05) is 31.9 Å². The summed E-state index contributed by atoms with van der Waals surface area (Å²) >= 11 is 6.48. The Labute approximate surface area is 135 Å². The molecule has 0 spiro atoms. The minimum atomic E-state index is -0.689. The molecule has 0 radical (unpaired) electrons. The van der Waals surface area contributed by atoms with Crippen molar-refractivity contribution < 1.29 is 14.1 Å². The summed E-state index contributed by atoms with van der Waals surface area (Å²) in [6.45, 7) is 0. The van der Waals surface area contributed by atoms with Gasteiger partial charge >= 0.3 is 0 Å². The van der Waals surface area contributed by atoms with Crippen molar-refractivity contribution in [2.24, 2.45) is 0 Å². The van der Waals surface area contributed by atoms with E-state index in [0.29, 0.717) is 8.95 Å². The van der Waals surface area contributed by atoms with E-state index in [0.717, 1.165) is 18.2 Å². The molecule has 2 rings (SSSR count). The summed E-state index contributed by atoms with van der Waals surface area (Å²) in [5, 5.41) is 13.2. The quantitative estimate of drug-likeness (QED) is 0.589. The Hall–Kier alpha value is -1.80. The highest BCUT2D eigenvalue weighted by Crippen LogP contribution is 2.26. The summed E-state index contributed by atoms with van der Waals surface area (Å²) in [6.07, 6.45) is 0. The number of nitro groups is 1. The van der Waals surface area contributed by atoms with Crippen molar-refractivity contribution in [1.82, 2.24) is 0 Å². The molecule has 0 aliphatic heterocycles. The average Bonchev–Trinajstić information content (AvgIpc) is 2.37. The number of rotatable bonds is 3. The number of nitrogens with zero attached hydrogens (tertiary/aromatic N) is 1. The molecule has 0 heterocycles. The van der Waals surface area contributed by atoms with Crippen molar-refractivity contribution in [2.45, 2.75) is 0 Å². The second-order valence-corrected chi connectivity index (χ2v) is 5.86. The van der Waals surface area contributed by atoms with E-state index in [1.54, 1.807) is 18.2 Å². The highest BCUT2D eigenvalue weighted by Gasteiger charge is 2.17. The van der Waals surface area contributed by atoms with E-state index in [4.69, 9.17) is 0 Å². The monoisotopic (exact) mass is 416 g/mol. The number of nitro benzene ring substituents is 1. The minimum absolute atomic E-state index is 0.193. The van der Waals surface area contributed by atoms with E-state index in [1.165, 1.54) is 0 Å². The molecule has 0 atom stereocenters. The Morgan fingerprint density at radius 3 is 2.33 bits per heavy atom. The molecule has 2 aromatic carbocycles. The van der Waals surface area contributed by atoms with E-state index >= 15 is 0 Å². The number of amides is 1. The molecule has 21 heavy (non-hydrogen) atoms. The maximum Gasteiger partial charge on any atom is 0.292 e. The van der Waals surface area contributed by atoms with Gasteiger partial charge in [0.15, 0.2) is 0 Å². The summed E-state index contributed by atoms with van der Waals surface area (Å²) in [4.78, 5) is 22.3. The first-order chi connectivity index (χ1) is 9.86. The van der Waals surface area contributed by atoms with Crippen molar-refractivity contribution in [2.75, 3.05) is 5.32 Å². The van der Waals surface area contributed by atoms with Crippen LogP contribution in [0.15, 0.2) is 45.3 Å². The maximum atomic E-state index is 13.2. The van der Waals surface area contributed by atoms with Crippen molar-refractivity contribution in [3.05, 3.63) is 66.8 Å². The smallest absolute Gasteiger partial charge is 0.292 e. The fraction of sp³-hybridized carbons (Fsp3) is 0. The molecular weight excluding hydrogens is 411 g/mol. The lowest BCUT2D eigenvalue weighted by molar-refractivity contribution is -0.384. The second kappa shape index (κ2) is 6.31. The molecule has 1 N–H and O–H groups in total. The number of hydrogen-bond donors (Lipinski definition) is 1. The highest BCUT2D eigenvalue weighted by atomic mass is 79.9. The van der Waals surface area contributed by atoms with Crippen LogP contribution in [0.2, 0.25) is 0 Å². The van der Waals surface area contributed by atoms with E-state index in [9.17, 15) is 19.3 Å². The molecule has 5 nitrogen and oxygen atoms in total. The molecule has 0 saturated heterocycles. The predicted molar refractivity (Wildman–Crippen MR) is 82.8 cm³/mol. The lowest BCUT2D eigenvalue weighted by atomic mass is 10.2. The molecule has 0 saturated carbocycles. The molecule has 0 aliphatic carbocycles. The van der Waals surface area contributed by atoms with Crippen LogP contribution in [0, 0.1) is 15.9 Å². The Bertz CT molecular complexity index is 717. The van der Waals surface area contributed by atoms with Crippen LogP contribution in [0.5, 0.6) is 0 Å². The summed E-state index contributed by atoms with van der Waals surface area (Å²) in [6, 6.07) is 7.70. The third kappa shape index (κ3) is 3.85. The molecule has 2 aromatic rings. The summed E-state index contributed by atoms with van der Waals surface area (Å²) in [5.74, 6) is -1.25. The zero-order valence-electron chi connectivity index (χ0n) is 10.3. The predicted octanol–water partition coefficient (Wildman–Crippen LogP) is 4.51. The van der Waals surface area contributed by atoms with Crippen LogP contribution < -0.4 is 5.32 Å². The van der Waals surface area contributed by atoms with Crippen LogP contribution in [0.3, 0.4) is 0 Å². The Morgan fingerprint density at radius 2 is 1.76 bits per heavy atom. The lowest BCUT2D eigenvalue weighted by Crippen LogP contribution is -2.13. The van der Waals surface area contributed by atoms with Crippen molar-refractivity contribution in [3.8, 4) is 0 Å². The van der Waals surface area contributed by atoms with Crippen LogP contribution in [0.25, 0.3) is 0 Å².